The van der Waals surface area contributed by atoms with Gasteiger partial charge in [0.25, 0.3) is 0 Å². The van der Waals surface area contributed by atoms with Gasteiger partial charge in [0.1, 0.15) is 0 Å². The molecule has 0 aliphatic heterocycles. The summed E-state index contributed by atoms with van der Waals surface area (Å²) in [7, 11) is 5.53. The van der Waals surface area contributed by atoms with E-state index in [1.807, 2.05) is 0 Å². The fourth-order valence-corrected chi connectivity index (χ4v) is 222. The summed E-state index contributed by atoms with van der Waals surface area (Å²) in [4.78, 5) is 0. The van der Waals surface area contributed by atoms with E-state index in [9.17, 15) is 0 Å². The summed E-state index contributed by atoms with van der Waals surface area (Å²) in [5, 5.41) is 9.00. The third kappa shape index (κ3) is 3.16. The van der Waals surface area contributed by atoms with E-state index in [-0.39, 0.29) is 0 Å². The van der Waals surface area contributed by atoms with Crippen LogP contribution < -0.4 is 0 Å². The molecule has 0 aliphatic carbocycles. The van der Waals surface area contributed by atoms with E-state index >= 15 is 0 Å². The van der Waals surface area contributed by atoms with Crippen molar-refractivity contribution in [3.8, 4) is 0 Å². The fraction of sp³-hybridized carbons (Fsp3) is 1.00. The van der Waals surface area contributed by atoms with Gasteiger partial charge in [-0.15, -0.1) is 0 Å². The van der Waals surface area contributed by atoms with Gasteiger partial charge in [-0.25, -0.2) is 0 Å². The third-order valence-corrected chi connectivity index (χ3v) is 180. The van der Waals surface area contributed by atoms with E-state index in [1.54, 1.807) is 0 Å². The maximum absolute atomic E-state index is 7.54. The number of rotatable bonds is 8. The van der Waals surface area contributed by atoms with E-state index in [1.165, 1.54) is 31.5 Å². The summed E-state index contributed by atoms with van der Waals surface area (Å²) in [6, 6.07) is 0. The zero-order chi connectivity index (χ0) is 13.7. The summed E-state index contributed by atoms with van der Waals surface area (Å²) >= 11 is -3.37. The van der Waals surface area contributed by atoms with Gasteiger partial charge in [0.05, 0.1) is 0 Å². The van der Waals surface area contributed by atoms with Gasteiger partial charge in [0.15, 0.2) is 0 Å². The SMILES string of the molecule is C[CH2][Ge]([CH2]C)([CH2]C)[Ge]([CH3])([Cl])[Ge]([CH2]C)([CH2]C)[CH2]C. The zero-order valence-corrected chi connectivity index (χ0v) is 20.2. The Bertz CT molecular complexity index is 182. The van der Waals surface area contributed by atoms with Crippen LogP contribution in [-0.4, -0.2) is 31.0 Å². The topological polar surface area (TPSA) is 0 Å². The molecule has 0 saturated carbocycles. The molecule has 0 nitrogen and oxygen atoms in total. The van der Waals surface area contributed by atoms with E-state index in [0.29, 0.717) is 0 Å². The van der Waals surface area contributed by atoms with Crippen molar-refractivity contribution >= 4 is 41.0 Å². The van der Waals surface area contributed by atoms with Crippen LogP contribution in [-0.2, 0) is 0 Å². The minimum absolute atomic E-state index is 1.50. The molecule has 0 heterocycles. The zero-order valence-electron chi connectivity index (χ0n) is 13.1. The Labute approximate surface area is 119 Å². The van der Waals surface area contributed by atoms with E-state index in [4.69, 9.17) is 10.0 Å². The summed E-state index contributed by atoms with van der Waals surface area (Å²) in [6.07, 6.45) is 0. The molecule has 4 heteroatoms. The van der Waals surface area contributed by atoms with Crippen molar-refractivity contribution in [2.75, 3.05) is 0 Å². The molecule has 17 heavy (non-hydrogen) atoms. The monoisotopic (exact) mass is 446 g/mol. The first kappa shape index (κ1) is 18.9. The number of hydrogen-bond acceptors (Lipinski definition) is 0. The van der Waals surface area contributed by atoms with E-state index in [0.717, 1.165) is 0 Å². The van der Waals surface area contributed by atoms with Crippen LogP contribution in [0.25, 0.3) is 0 Å². The molecular weight excluding hydrogens is 409 g/mol. The molecule has 0 atom stereocenters. The van der Waals surface area contributed by atoms with E-state index in [2.05, 4.69) is 47.3 Å². The molecule has 104 valence electrons. The van der Waals surface area contributed by atoms with Crippen molar-refractivity contribution in [2.45, 2.75) is 78.8 Å². The molecule has 0 saturated heterocycles. The van der Waals surface area contributed by atoms with Crippen LogP contribution >= 0.6 is 10.0 Å². The first-order chi connectivity index (χ1) is 7.86. The molecule has 0 aromatic carbocycles. The standard InChI is InChI=1S/C13H33ClGe3/c1-8-16(9-2,10-3)15(7,14)17(11-4,12-5)13-6/h8-13H2,1-7H3. The number of hydrogen-bond donors (Lipinski definition) is 0. The molecule has 0 aliphatic rings. The van der Waals surface area contributed by atoms with Gasteiger partial charge in [-0.2, -0.15) is 0 Å². The molecule has 0 bridgehead atoms. The summed E-state index contributed by atoms with van der Waals surface area (Å²) < 4.78 is 0. The Morgan fingerprint density at radius 1 is 0.588 bits per heavy atom. The van der Waals surface area contributed by atoms with Crippen molar-refractivity contribution in [3.05, 3.63) is 0 Å². The maximum atomic E-state index is 7.54. The average molecular weight is 443 g/mol. The van der Waals surface area contributed by atoms with Crippen LogP contribution in [0.5, 0.6) is 0 Å². The Hall–Kier alpha value is 1.92. The van der Waals surface area contributed by atoms with Gasteiger partial charge < -0.3 is 0 Å². The van der Waals surface area contributed by atoms with Gasteiger partial charge in [-0.3, -0.25) is 0 Å². The molecule has 0 N–H and O–H groups in total. The van der Waals surface area contributed by atoms with Crippen molar-refractivity contribution in [3.63, 3.8) is 0 Å². The quantitative estimate of drug-likeness (QED) is 0.406. The van der Waals surface area contributed by atoms with Crippen LogP contribution in [0.2, 0.25) is 37.3 Å². The van der Waals surface area contributed by atoms with Crippen LogP contribution in [0.4, 0.5) is 0 Å². The molecule has 0 aromatic heterocycles. The summed E-state index contributed by atoms with van der Waals surface area (Å²) in [6.45, 7) is 14.8. The third-order valence-electron chi connectivity index (χ3n) is 6.05. The van der Waals surface area contributed by atoms with Gasteiger partial charge in [-0.05, 0) is 0 Å². The second kappa shape index (κ2) is 7.63. The molecule has 0 spiro atoms. The predicted octanol–water partition coefficient (Wildman–Crippen LogP) is 5.97. The molecule has 0 unspecified atom stereocenters. The van der Waals surface area contributed by atoms with Crippen LogP contribution in [0.15, 0.2) is 0 Å². The van der Waals surface area contributed by atoms with Gasteiger partial charge in [-0.1, -0.05) is 0 Å². The Kier molecular flexibility index (Phi) is 8.50. The first-order valence-corrected chi connectivity index (χ1v) is 34.3. The molecular formula is C13H33ClGe3. The van der Waals surface area contributed by atoms with Crippen molar-refractivity contribution in [1.29, 1.82) is 0 Å². The normalized spacial score (nSPS) is 14.1. The van der Waals surface area contributed by atoms with Crippen molar-refractivity contribution in [2.24, 2.45) is 0 Å². The van der Waals surface area contributed by atoms with Crippen molar-refractivity contribution in [1.82, 2.24) is 0 Å². The van der Waals surface area contributed by atoms with Crippen LogP contribution in [0, 0.1) is 0 Å². The van der Waals surface area contributed by atoms with Crippen LogP contribution in [0.1, 0.15) is 41.5 Å². The number of halogens is 1. The average Bonchev–Trinajstić information content (AvgIpc) is 2.34. The molecule has 0 aromatic rings. The van der Waals surface area contributed by atoms with Gasteiger partial charge in [0, 0.05) is 0 Å². The minimum atomic E-state index is -2.01. The molecule has 0 fully saturated rings. The molecule has 0 radical (unpaired) electrons. The summed E-state index contributed by atoms with van der Waals surface area (Å²) in [5.41, 5.74) is 0. The second-order valence-electron chi connectivity index (χ2n) is 5.68. The Morgan fingerprint density at radius 3 is 0.882 bits per heavy atom. The van der Waals surface area contributed by atoms with E-state index < -0.39 is 31.0 Å². The first-order valence-electron chi connectivity index (χ1n) is 7.55. The second-order valence-corrected chi connectivity index (χ2v) is 96.7. The van der Waals surface area contributed by atoms with Gasteiger partial charge >= 0.3 is 120 Å². The molecule has 0 rings (SSSR count). The van der Waals surface area contributed by atoms with Crippen molar-refractivity contribution < 1.29 is 0 Å². The van der Waals surface area contributed by atoms with Gasteiger partial charge in [0.2, 0.25) is 0 Å². The Balaban J connectivity index is 5.60. The molecule has 0 amide bonds. The fourth-order valence-electron chi connectivity index (χ4n) is 4.05. The summed E-state index contributed by atoms with van der Waals surface area (Å²) in [5.74, 6) is 2.66. The van der Waals surface area contributed by atoms with Crippen LogP contribution in [0.3, 0.4) is 0 Å². The Morgan fingerprint density at radius 2 is 0.765 bits per heavy atom. The predicted molar refractivity (Wildman–Crippen MR) is 91.9 cm³/mol.